The SMILES string of the molecule is C/C=N/n1cnc2ncc(C)cc21. The summed E-state index contributed by atoms with van der Waals surface area (Å²) in [6.45, 7) is 3.87. The van der Waals surface area contributed by atoms with Gasteiger partial charge in [-0.1, -0.05) is 0 Å². The fourth-order valence-corrected chi connectivity index (χ4v) is 1.20. The molecule has 0 fully saturated rings. The van der Waals surface area contributed by atoms with Gasteiger partial charge in [-0.2, -0.15) is 5.10 Å². The van der Waals surface area contributed by atoms with Crippen molar-refractivity contribution in [2.24, 2.45) is 5.10 Å². The van der Waals surface area contributed by atoms with Gasteiger partial charge in [0, 0.05) is 12.4 Å². The van der Waals surface area contributed by atoms with Crippen LogP contribution in [0.4, 0.5) is 0 Å². The Kier molecular flexibility index (Phi) is 1.81. The third-order valence-corrected chi connectivity index (χ3v) is 1.76. The molecule has 0 aliphatic rings. The van der Waals surface area contributed by atoms with Crippen molar-refractivity contribution in [1.29, 1.82) is 0 Å². The standard InChI is InChI=1S/C9H10N4/c1-3-12-13-6-11-9-8(13)4-7(2)5-10-9/h3-6H,1-2H3/b12-3+. The Morgan fingerprint density at radius 2 is 2.31 bits per heavy atom. The van der Waals surface area contributed by atoms with Crippen LogP contribution in [-0.4, -0.2) is 20.9 Å². The molecule has 2 aromatic heterocycles. The van der Waals surface area contributed by atoms with Crippen LogP contribution in [0.1, 0.15) is 12.5 Å². The largest absolute Gasteiger partial charge is 0.235 e. The lowest BCUT2D eigenvalue weighted by Gasteiger charge is -1.94. The van der Waals surface area contributed by atoms with Crippen molar-refractivity contribution in [3.63, 3.8) is 0 Å². The van der Waals surface area contributed by atoms with Crippen molar-refractivity contribution < 1.29 is 0 Å². The number of pyridine rings is 1. The number of imidazole rings is 1. The molecule has 0 aliphatic carbocycles. The maximum Gasteiger partial charge on any atom is 0.179 e. The average Bonchev–Trinajstić information content (AvgIpc) is 2.49. The molecule has 0 bridgehead atoms. The molecule has 66 valence electrons. The fraction of sp³-hybridized carbons (Fsp3) is 0.222. The van der Waals surface area contributed by atoms with Gasteiger partial charge >= 0.3 is 0 Å². The Hall–Kier alpha value is -1.71. The molecule has 0 aromatic carbocycles. The molecular weight excluding hydrogens is 164 g/mol. The minimum Gasteiger partial charge on any atom is -0.235 e. The van der Waals surface area contributed by atoms with Gasteiger partial charge < -0.3 is 0 Å². The first-order valence-electron chi connectivity index (χ1n) is 4.10. The minimum absolute atomic E-state index is 0.733. The van der Waals surface area contributed by atoms with Crippen LogP contribution in [0.5, 0.6) is 0 Å². The summed E-state index contributed by atoms with van der Waals surface area (Å²) < 4.78 is 1.72. The molecule has 0 unspecified atom stereocenters. The Morgan fingerprint density at radius 3 is 3.08 bits per heavy atom. The van der Waals surface area contributed by atoms with Crippen molar-refractivity contribution in [3.05, 3.63) is 24.2 Å². The Labute approximate surface area is 75.9 Å². The zero-order valence-electron chi connectivity index (χ0n) is 7.60. The van der Waals surface area contributed by atoms with Gasteiger partial charge in [0.1, 0.15) is 11.8 Å². The maximum atomic E-state index is 4.18. The summed E-state index contributed by atoms with van der Waals surface area (Å²) >= 11 is 0. The first kappa shape index (κ1) is 7.91. The molecular formula is C9H10N4. The third-order valence-electron chi connectivity index (χ3n) is 1.76. The number of aryl methyl sites for hydroxylation is 1. The molecule has 0 aliphatic heterocycles. The number of nitrogens with zero attached hydrogens (tertiary/aromatic N) is 4. The quantitative estimate of drug-likeness (QED) is 0.616. The molecule has 0 radical (unpaired) electrons. The highest BCUT2D eigenvalue weighted by Crippen LogP contribution is 2.10. The van der Waals surface area contributed by atoms with Crippen LogP contribution in [-0.2, 0) is 0 Å². The van der Waals surface area contributed by atoms with Crippen molar-refractivity contribution >= 4 is 17.4 Å². The van der Waals surface area contributed by atoms with Crippen LogP contribution in [0, 0.1) is 6.92 Å². The van der Waals surface area contributed by atoms with E-state index in [1.54, 1.807) is 23.4 Å². The molecule has 0 N–H and O–H groups in total. The lowest BCUT2D eigenvalue weighted by atomic mass is 10.3. The summed E-state index contributed by atoms with van der Waals surface area (Å²) in [6, 6.07) is 2.02. The van der Waals surface area contributed by atoms with Gasteiger partial charge in [0.25, 0.3) is 0 Å². The van der Waals surface area contributed by atoms with Gasteiger partial charge in [0.2, 0.25) is 0 Å². The lowest BCUT2D eigenvalue weighted by Crippen LogP contribution is -1.86. The smallest absolute Gasteiger partial charge is 0.179 e. The number of hydrogen-bond acceptors (Lipinski definition) is 3. The van der Waals surface area contributed by atoms with E-state index in [2.05, 4.69) is 15.1 Å². The van der Waals surface area contributed by atoms with Crippen molar-refractivity contribution in [1.82, 2.24) is 14.6 Å². The molecule has 0 spiro atoms. The number of rotatable bonds is 1. The maximum absolute atomic E-state index is 4.18. The Bertz CT molecular complexity index is 456. The third kappa shape index (κ3) is 1.30. The van der Waals surface area contributed by atoms with Gasteiger partial charge in [-0.25, -0.2) is 14.6 Å². The molecule has 2 aromatic rings. The van der Waals surface area contributed by atoms with E-state index < -0.39 is 0 Å². The number of aromatic nitrogens is 3. The van der Waals surface area contributed by atoms with Gasteiger partial charge in [-0.05, 0) is 25.5 Å². The number of hydrogen-bond donors (Lipinski definition) is 0. The molecule has 0 saturated heterocycles. The zero-order valence-corrected chi connectivity index (χ0v) is 7.60. The van der Waals surface area contributed by atoms with Crippen LogP contribution in [0.15, 0.2) is 23.7 Å². The Balaban J connectivity index is 2.71. The predicted molar refractivity (Wildman–Crippen MR) is 51.8 cm³/mol. The van der Waals surface area contributed by atoms with E-state index in [1.807, 2.05) is 19.9 Å². The lowest BCUT2D eigenvalue weighted by molar-refractivity contribution is 0.912. The highest BCUT2D eigenvalue weighted by atomic mass is 15.4. The van der Waals surface area contributed by atoms with Crippen molar-refractivity contribution in [2.45, 2.75) is 13.8 Å². The average molecular weight is 174 g/mol. The first-order valence-corrected chi connectivity index (χ1v) is 4.10. The van der Waals surface area contributed by atoms with Crippen LogP contribution in [0.3, 0.4) is 0 Å². The zero-order chi connectivity index (χ0) is 9.26. The second kappa shape index (κ2) is 2.97. The summed E-state index contributed by atoms with van der Waals surface area (Å²) in [7, 11) is 0. The topological polar surface area (TPSA) is 43.1 Å². The second-order valence-corrected chi connectivity index (χ2v) is 2.82. The molecule has 4 heteroatoms. The first-order chi connectivity index (χ1) is 6.31. The molecule has 2 rings (SSSR count). The highest BCUT2D eigenvalue weighted by molar-refractivity contribution is 5.71. The molecule has 0 amide bonds. The fourth-order valence-electron chi connectivity index (χ4n) is 1.20. The van der Waals surface area contributed by atoms with Crippen LogP contribution in [0.25, 0.3) is 11.2 Å². The van der Waals surface area contributed by atoms with Gasteiger partial charge in [0.05, 0.1) is 0 Å². The summed E-state index contributed by atoms with van der Waals surface area (Å²) in [5.74, 6) is 0. The van der Waals surface area contributed by atoms with E-state index in [1.165, 1.54) is 0 Å². The van der Waals surface area contributed by atoms with E-state index in [0.29, 0.717) is 0 Å². The van der Waals surface area contributed by atoms with Crippen molar-refractivity contribution in [3.8, 4) is 0 Å². The summed E-state index contributed by atoms with van der Waals surface area (Å²) in [6.07, 6.45) is 5.19. The molecule has 0 atom stereocenters. The van der Waals surface area contributed by atoms with Crippen LogP contribution >= 0.6 is 0 Å². The van der Waals surface area contributed by atoms with E-state index in [-0.39, 0.29) is 0 Å². The molecule has 2 heterocycles. The second-order valence-electron chi connectivity index (χ2n) is 2.82. The summed E-state index contributed by atoms with van der Waals surface area (Å²) in [4.78, 5) is 8.29. The van der Waals surface area contributed by atoms with E-state index in [4.69, 9.17) is 0 Å². The van der Waals surface area contributed by atoms with Gasteiger partial charge in [-0.15, -0.1) is 0 Å². The predicted octanol–water partition coefficient (Wildman–Crippen LogP) is 1.59. The molecule has 13 heavy (non-hydrogen) atoms. The molecule has 4 nitrogen and oxygen atoms in total. The summed E-state index contributed by atoms with van der Waals surface area (Å²) in [5, 5.41) is 4.13. The highest BCUT2D eigenvalue weighted by Gasteiger charge is 2.01. The normalized spacial score (nSPS) is 11.5. The van der Waals surface area contributed by atoms with Crippen molar-refractivity contribution in [2.75, 3.05) is 0 Å². The van der Waals surface area contributed by atoms with Crippen LogP contribution < -0.4 is 0 Å². The van der Waals surface area contributed by atoms with E-state index in [9.17, 15) is 0 Å². The molecule has 0 saturated carbocycles. The summed E-state index contributed by atoms with van der Waals surface area (Å²) in [5.41, 5.74) is 2.79. The monoisotopic (exact) mass is 174 g/mol. The van der Waals surface area contributed by atoms with E-state index in [0.717, 1.165) is 16.7 Å². The Morgan fingerprint density at radius 1 is 1.46 bits per heavy atom. The van der Waals surface area contributed by atoms with E-state index >= 15 is 0 Å². The minimum atomic E-state index is 0.733. The number of fused-ring (bicyclic) bond motifs is 1. The van der Waals surface area contributed by atoms with Crippen LogP contribution in [0.2, 0.25) is 0 Å². The van der Waals surface area contributed by atoms with Gasteiger partial charge in [0.15, 0.2) is 5.65 Å². The van der Waals surface area contributed by atoms with Gasteiger partial charge in [-0.3, -0.25) is 0 Å².